The zero-order chi connectivity index (χ0) is 15.4. The topological polar surface area (TPSA) is 29.5 Å². The Morgan fingerprint density at radius 2 is 2.18 bits per heavy atom. The van der Waals surface area contributed by atoms with Gasteiger partial charge in [0.05, 0.1) is 18.8 Å². The molecular formula is C18H24ClNO2. The molecule has 2 atom stereocenters. The van der Waals surface area contributed by atoms with Gasteiger partial charge in [0.25, 0.3) is 0 Å². The highest BCUT2D eigenvalue weighted by Gasteiger charge is 2.36. The van der Waals surface area contributed by atoms with Gasteiger partial charge in [0, 0.05) is 18.0 Å². The molecule has 4 heteroatoms. The highest BCUT2D eigenvalue weighted by Crippen LogP contribution is 2.29. The Morgan fingerprint density at radius 1 is 1.32 bits per heavy atom. The largest absolute Gasteiger partial charge is 0.374 e. The van der Waals surface area contributed by atoms with Crippen LogP contribution in [0.15, 0.2) is 24.3 Å². The molecule has 0 aromatic heterocycles. The monoisotopic (exact) mass is 321 g/mol. The summed E-state index contributed by atoms with van der Waals surface area (Å²) in [6, 6.07) is 8.22. The van der Waals surface area contributed by atoms with E-state index in [0.29, 0.717) is 25.0 Å². The molecule has 1 heterocycles. The molecule has 0 spiro atoms. The molecule has 2 fully saturated rings. The van der Waals surface area contributed by atoms with Gasteiger partial charge < -0.3 is 9.64 Å². The molecule has 1 saturated carbocycles. The maximum atomic E-state index is 12.6. The van der Waals surface area contributed by atoms with E-state index >= 15 is 0 Å². The predicted molar refractivity (Wildman–Crippen MR) is 88.1 cm³/mol. The molecule has 1 aromatic carbocycles. The fourth-order valence-corrected chi connectivity index (χ4v) is 3.90. The van der Waals surface area contributed by atoms with Crippen molar-refractivity contribution in [1.82, 2.24) is 4.90 Å². The standard InChI is InChI=1S/C18H24ClNO2/c19-15-7-3-5-14(13-15)6-4-10-18(21)20-11-12-22-17-9-2-1-8-16(17)20/h3,5,7,13,16-17H,1-2,4,6,8-12H2. The van der Waals surface area contributed by atoms with Crippen LogP contribution in [0.1, 0.15) is 44.1 Å². The van der Waals surface area contributed by atoms with Crippen LogP contribution in [0.5, 0.6) is 0 Å². The summed E-state index contributed by atoms with van der Waals surface area (Å²) in [4.78, 5) is 14.6. The van der Waals surface area contributed by atoms with Gasteiger partial charge in [0.2, 0.25) is 5.91 Å². The summed E-state index contributed by atoms with van der Waals surface area (Å²) in [7, 11) is 0. The third kappa shape index (κ3) is 3.82. The van der Waals surface area contributed by atoms with E-state index in [4.69, 9.17) is 16.3 Å². The molecule has 2 unspecified atom stereocenters. The van der Waals surface area contributed by atoms with Crippen LogP contribution in [0.25, 0.3) is 0 Å². The van der Waals surface area contributed by atoms with Crippen molar-refractivity contribution in [3.63, 3.8) is 0 Å². The molecule has 3 nitrogen and oxygen atoms in total. The third-order valence-electron chi connectivity index (χ3n) is 4.80. The number of benzene rings is 1. The SMILES string of the molecule is O=C(CCCc1cccc(Cl)c1)N1CCOC2CCCCC21. The number of ether oxygens (including phenoxy) is 1. The van der Waals surface area contributed by atoms with Crippen LogP contribution in [-0.4, -0.2) is 36.1 Å². The van der Waals surface area contributed by atoms with Gasteiger partial charge in [-0.25, -0.2) is 0 Å². The normalized spacial score (nSPS) is 24.9. The van der Waals surface area contributed by atoms with Gasteiger partial charge in [0.15, 0.2) is 0 Å². The molecule has 1 aliphatic heterocycles. The predicted octanol–water partition coefficient (Wildman–Crippen LogP) is 3.83. The van der Waals surface area contributed by atoms with E-state index in [-0.39, 0.29) is 6.10 Å². The lowest BCUT2D eigenvalue weighted by Gasteiger charge is -2.43. The molecule has 1 amide bonds. The number of aryl methyl sites for hydroxylation is 1. The summed E-state index contributed by atoms with van der Waals surface area (Å²) >= 11 is 6.00. The first-order chi connectivity index (χ1) is 10.7. The van der Waals surface area contributed by atoms with E-state index in [1.807, 2.05) is 18.2 Å². The van der Waals surface area contributed by atoms with Gasteiger partial charge in [-0.05, 0) is 43.4 Å². The number of carbonyl (C=O) groups is 1. The molecule has 1 aromatic rings. The number of hydrogen-bond donors (Lipinski definition) is 0. The molecule has 0 N–H and O–H groups in total. The van der Waals surface area contributed by atoms with E-state index in [1.54, 1.807) is 0 Å². The van der Waals surface area contributed by atoms with Crippen LogP contribution < -0.4 is 0 Å². The van der Waals surface area contributed by atoms with Crippen LogP contribution in [0.3, 0.4) is 0 Å². The average molecular weight is 322 g/mol. The van der Waals surface area contributed by atoms with Gasteiger partial charge in [-0.15, -0.1) is 0 Å². The van der Waals surface area contributed by atoms with E-state index in [2.05, 4.69) is 11.0 Å². The van der Waals surface area contributed by atoms with Crippen molar-refractivity contribution in [3.05, 3.63) is 34.9 Å². The first-order valence-corrected chi connectivity index (χ1v) is 8.77. The van der Waals surface area contributed by atoms with Gasteiger partial charge >= 0.3 is 0 Å². The second-order valence-corrected chi connectivity index (χ2v) is 6.77. The Morgan fingerprint density at radius 3 is 3.05 bits per heavy atom. The van der Waals surface area contributed by atoms with Crippen molar-refractivity contribution >= 4 is 17.5 Å². The van der Waals surface area contributed by atoms with Crippen molar-refractivity contribution in [2.45, 2.75) is 57.1 Å². The maximum absolute atomic E-state index is 12.6. The number of carbonyl (C=O) groups excluding carboxylic acids is 1. The first-order valence-electron chi connectivity index (χ1n) is 8.39. The molecule has 2 aliphatic rings. The molecule has 22 heavy (non-hydrogen) atoms. The number of amides is 1. The summed E-state index contributed by atoms with van der Waals surface area (Å²) in [5.74, 6) is 0.294. The van der Waals surface area contributed by atoms with Crippen molar-refractivity contribution in [2.24, 2.45) is 0 Å². The lowest BCUT2D eigenvalue weighted by Crippen LogP contribution is -2.54. The van der Waals surface area contributed by atoms with Gasteiger partial charge in [0.1, 0.15) is 0 Å². The lowest BCUT2D eigenvalue weighted by molar-refractivity contribution is -0.149. The van der Waals surface area contributed by atoms with E-state index in [1.165, 1.54) is 18.4 Å². The van der Waals surface area contributed by atoms with E-state index < -0.39 is 0 Å². The van der Waals surface area contributed by atoms with Gasteiger partial charge in [-0.1, -0.05) is 36.6 Å². The minimum Gasteiger partial charge on any atom is -0.374 e. The second-order valence-electron chi connectivity index (χ2n) is 6.33. The summed E-state index contributed by atoms with van der Waals surface area (Å²) in [5.41, 5.74) is 1.21. The lowest BCUT2D eigenvalue weighted by atomic mass is 9.90. The third-order valence-corrected chi connectivity index (χ3v) is 5.03. The van der Waals surface area contributed by atoms with Crippen LogP contribution in [-0.2, 0) is 16.0 Å². The average Bonchev–Trinajstić information content (AvgIpc) is 2.54. The smallest absolute Gasteiger partial charge is 0.222 e. The van der Waals surface area contributed by atoms with Crippen molar-refractivity contribution < 1.29 is 9.53 Å². The molecule has 3 rings (SSSR count). The Balaban J connectivity index is 1.50. The fourth-order valence-electron chi connectivity index (χ4n) is 3.69. The molecule has 0 radical (unpaired) electrons. The first kappa shape index (κ1) is 15.8. The summed E-state index contributed by atoms with van der Waals surface area (Å²) in [6.45, 7) is 1.46. The summed E-state index contributed by atoms with van der Waals surface area (Å²) in [6.07, 6.45) is 7.35. The highest BCUT2D eigenvalue weighted by molar-refractivity contribution is 6.30. The van der Waals surface area contributed by atoms with Crippen LogP contribution >= 0.6 is 11.6 Å². The Bertz CT molecular complexity index is 518. The van der Waals surface area contributed by atoms with Crippen molar-refractivity contribution in [1.29, 1.82) is 0 Å². The fraction of sp³-hybridized carbons (Fsp3) is 0.611. The Hall–Kier alpha value is -1.06. The van der Waals surface area contributed by atoms with Crippen molar-refractivity contribution in [3.8, 4) is 0 Å². The number of fused-ring (bicyclic) bond motifs is 1. The minimum atomic E-state index is 0.277. The zero-order valence-electron chi connectivity index (χ0n) is 13.0. The summed E-state index contributed by atoms with van der Waals surface area (Å²) < 4.78 is 5.84. The Labute approximate surface area is 137 Å². The van der Waals surface area contributed by atoms with Gasteiger partial charge in [-0.3, -0.25) is 4.79 Å². The molecular weight excluding hydrogens is 298 g/mol. The highest BCUT2D eigenvalue weighted by atomic mass is 35.5. The number of morpholine rings is 1. The number of halogens is 1. The van der Waals surface area contributed by atoms with E-state index in [9.17, 15) is 4.79 Å². The molecule has 1 saturated heterocycles. The van der Waals surface area contributed by atoms with E-state index in [0.717, 1.165) is 37.3 Å². The number of rotatable bonds is 4. The van der Waals surface area contributed by atoms with Gasteiger partial charge in [-0.2, -0.15) is 0 Å². The second kappa shape index (κ2) is 7.47. The van der Waals surface area contributed by atoms with Crippen LogP contribution in [0.2, 0.25) is 5.02 Å². The molecule has 120 valence electrons. The summed E-state index contributed by atoms with van der Waals surface area (Å²) in [5, 5.41) is 0.766. The molecule has 0 bridgehead atoms. The van der Waals surface area contributed by atoms with Crippen molar-refractivity contribution in [2.75, 3.05) is 13.2 Å². The number of nitrogens with zero attached hydrogens (tertiary/aromatic N) is 1. The Kier molecular flexibility index (Phi) is 5.37. The van der Waals surface area contributed by atoms with Crippen LogP contribution in [0.4, 0.5) is 0 Å². The molecule has 1 aliphatic carbocycles. The maximum Gasteiger partial charge on any atom is 0.222 e. The van der Waals surface area contributed by atoms with Crippen LogP contribution in [0, 0.1) is 0 Å². The number of hydrogen-bond acceptors (Lipinski definition) is 2. The zero-order valence-corrected chi connectivity index (χ0v) is 13.7. The minimum absolute atomic E-state index is 0.277. The quantitative estimate of drug-likeness (QED) is 0.843.